The number of carbonyl (C=O) groups is 1. The first kappa shape index (κ1) is 21.9. The third-order valence-electron chi connectivity index (χ3n) is 3.06. The molecule has 1 amide bonds. The van der Waals surface area contributed by atoms with Crippen molar-refractivity contribution in [3.63, 3.8) is 0 Å². The lowest BCUT2D eigenvalue weighted by molar-refractivity contribution is -0.405. The SMILES string of the molecule is O=C(Nc1cccc(C(F)(F)F)c1)C(C(F)(F)F)(C(F)(F)F)C(F)(F)F. The van der Waals surface area contributed by atoms with Crippen molar-refractivity contribution in [2.45, 2.75) is 24.7 Å². The molecule has 0 aliphatic heterocycles. The van der Waals surface area contributed by atoms with Gasteiger partial charge in [0, 0.05) is 5.69 Å². The highest BCUT2D eigenvalue weighted by atomic mass is 19.4. The molecule has 0 fully saturated rings. The number of amides is 1. The normalized spacial score (nSPS) is 14.3. The summed E-state index contributed by atoms with van der Waals surface area (Å²) in [5, 5.41) is 0.616. The first-order chi connectivity index (χ1) is 11.4. The Morgan fingerprint density at radius 3 is 1.50 bits per heavy atom. The summed E-state index contributed by atoms with van der Waals surface area (Å²) < 4.78 is 152. The van der Waals surface area contributed by atoms with E-state index >= 15 is 0 Å². The molecule has 1 rings (SSSR count). The second-order valence-electron chi connectivity index (χ2n) is 4.78. The third kappa shape index (κ3) is 3.67. The van der Waals surface area contributed by atoms with E-state index in [1.165, 1.54) is 0 Å². The molecule has 0 aromatic heterocycles. The van der Waals surface area contributed by atoms with E-state index in [0.29, 0.717) is 23.5 Å². The predicted octanol–water partition coefficient (Wildman–Crippen LogP) is 5.32. The number of nitrogens with one attached hydrogen (secondary N) is 1. The summed E-state index contributed by atoms with van der Waals surface area (Å²) in [6, 6.07) is 1.07. The van der Waals surface area contributed by atoms with E-state index in [9.17, 15) is 57.5 Å². The Morgan fingerprint density at radius 2 is 1.15 bits per heavy atom. The molecule has 0 aliphatic carbocycles. The number of carbonyl (C=O) groups excluding carboxylic acids is 1. The number of hydrogen-bond acceptors (Lipinski definition) is 1. The zero-order valence-electron chi connectivity index (χ0n) is 11.8. The van der Waals surface area contributed by atoms with Crippen LogP contribution < -0.4 is 5.32 Å². The van der Waals surface area contributed by atoms with Gasteiger partial charge in [0.1, 0.15) is 0 Å². The average molecular weight is 407 g/mol. The maximum atomic E-state index is 12.7. The van der Waals surface area contributed by atoms with Crippen LogP contribution in [0.4, 0.5) is 58.4 Å². The Balaban J connectivity index is 3.50. The minimum atomic E-state index is -7.17. The van der Waals surface area contributed by atoms with E-state index in [1.54, 1.807) is 0 Å². The highest BCUT2D eigenvalue weighted by Crippen LogP contribution is 2.59. The van der Waals surface area contributed by atoms with Gasteiger partial charge in [0.25, 0.3) is 5.91 Å². The lowest BCUT2D eigenvalue weighted by atomic mass is 9.84. The van der Waals surface area contributed by atoms with Gasteiger partial charge >= 0.3 is 30.1 Å². The van der Waals surface area contributed by atoms with Crippen LogP contribution in [0.2, 0.25) is 0 Å². The van der Waals surface area contributed by atoms with Crippen molar-refractivity contribution in [1.82, 2.24) is 0 Å². The highest BCUT2D eigenvalue weighted by molar-refractivity contribution is 5.97. The first-order valence-corrected chi connectivity index (χ1v) is 6.04. The van der Waals surface area contributed by atoms with E-state index in [0.717, 1.165) is 0 Å². The van der Waals surface area contributed by atoms with Crippen molar-refractivity contribution in [2.75, 3.05) is 5.32 Å². The molecule has 148 valence electrons. The Morgan fingerprint density at radius 1 is 0.731 bits per heavy atom. The van der Waals surface area contributed by atoms with Gasteiger partial charge in [-0.1, -0.05) is 6.07 Å². The molecule has 0 saturated carbocycles. The minimum Gasteiger partial charge on any atom is -0.325 e. The summed E-state index contributed by atoms with van der Waals surface area (Å²) in [7, 11) is 0. The number of benzene rings is 1. The number of hydrogen-bond donors (Lipinski definition) is 1. The second kappa shape index (κ2) is 6.23. The minimum absolute atomic E-state index is 0.119. The predicted molar refractivity (Wildman–Crippen MR) is 60.7 cm³/mol. The molecule has 26 heavy (non-hydrogen) atoms. The van der Waals surface area contributed by atoms with Gasteiger partial charge in [0.2, 0.25) is 0 Å². The summed E-state index contributed by atoms with van der Waals surface area (Å²) in [4.78, 5) is 11.4. The average Bonchev–Trinajstić information content (AvgIpc) is 2.32. The van der Waals surface area contributed by atoms with Gasteiger partial charge in [-0.05, 0) is 18.2 Å². The van der Waals surface area contributed by atoms with Crippen LogP contribution in [0.15, 0.2) is 24.3 Å². The molecule has 1 N–H and O–H groups in total. The van der Waals surface area contributed by atoms with Gasteiger partial charge in [0.05, 0.1) is 5.56 Å². The van der Waals surface area contributed by atoms with Crippen LogP contribution >= 0.6 is 0 Å². The van der Waals surface area contributed by atoms with E-state index in [2.05, 4.69) is 0 Å². The van der Waals surface area contributed by atoms with Crippen LogP contribution in [0.5, 0.6) is 0 Å². The molecule has 1 aromatic rings. The molecule has 1 aromatic carbocycles. The van der Waals surface area contributed by atoms with E-state index in [1.807, 2.05) is 0 Å². The van der Waals surface area contributed by atoms with Crippen molar-refractivity contribution in [3.8, 4) is 0 Å². The fourth-order valence-electron chi connectivity index (χ4n) is 1.87. The maximum Gasteiger partial charge on any atom is 0.421 e. The molecular formula is C12H5F12NO. The molecular weight excluding hydrogens is 402 g/mol. The summed E-state index contributed by atoms with van der Waals surface area (Å²) in [6.07, 6.45) is -26.6. The highest BCUT2D eigenvalue weighted by Gasteiger charge is 2.88. The van der Waals surface area contributed by atoms with Crippen LogP contribution in [0.25, 0.3) is 0 Å². The molecule has 0 bridgehead atoms. The second-order valence-corrected chi connectivity index (χ2v) is 4.78. The molecule has 0 unspecified atom stereocenters. The lowest BCUT2D eigenvalue weighted by Gasteiger charge is -2.36. The summed E-state index contributed by atoms with van der Waals surface area (Å²) in [5.74, 6) is -3.63. The van der Waals surface area contributed by atoms with Gasteiger partial charge in [-0.15, -0.1) is 0 Å². The quantitative estimate of drug-likeness (QED) is 0.661. The third-order valence-corrected chi connectivity index (χ3v) is 3.06. The Hall–Kier alpha value is -2.15. The van der Waals surface area contributed by atoms with Gasteiger partial charge in [-0.25, -0.2) is 0 Å². The Kier molecular flexibility index (Phi) is 5.24. The van der Waals surface area contributed by atoms with Crippen molar-refractivity contribution >= 4 is 11.6 Å². The molecule has 2 nitrogen and oxygen atoms in total. The number of anilines is 1. The summed E-state index contributed by atoms with van der Waals surface area (Å²) in [6.45, 7) is 0. The molecule has 0 aliphatic rings. The van der Waals surface area contributed by atoms with Crippen LogP contribution in [0.3, 0.4) is 0 Å². The van der Waals surface area contributed by atoms with Crippen molar-refractivity contribution in [1.29, 1.82) is 0 Å². The number of halogens is 12. The summed E-state index contributed by atoms with van der Waals surface area (Å²) in [5.41, 5.74) is -9.79. The number of rotatable bonds is 2. The molecule has 0 atom stereocenters. The largest absolute Gasteiger partial charge is 0.421 e. The van der Waals surface area contributed by atoms with E-state index < -0.39 is 47.3 Å². The molecule has 0 saturated heterocycles. The van der Waals surface area contributed by atoms with Crippen LogP contribution in [-0.4, -0.2) is 24.4 Å². The lowest BCUT2D eigenvalue weighted by Crippen LogP contribution is -2.65. The van der Waals surface area contributed by atoms with Crippen molar-refractivity contribution < 1.29 is 57.5 Å². The zero-order valence-corrected chi connectivity index (χ0v) is 11.8. The Labute approximate surface area is 135 Å². The molecule has 0 radical (unpaired) electrons. The van der Waals surface area contributed by atoms with Crippen LogP contribution in [0, 0.1) is 5.41 Å². The zero-order chi connectivity index (χ0) is 20.8. The standard InChI is InChI=1S/C12H5F12NO/c13-9(14,15)5-2-1-3-6(4-5)25-7(26)8(10(16,17)18,11(19,20)21)12(22,23)24/h1-4H,(H,25,26). The maximum absolute atomic E-state index is 12.7. The van der Waals surface area contributed by atoms with Crippen molar-refractivity contribution in [2.24, 2.45) is 5.41 Å². The topological polar surface area (TPSA) is 29.1 Å². The molecule has 0 heterocycles. The van der Waals surface area contributed by atoms with Gasteiger partial charge < -0.3 is 5.32 Å². The van der Waals surface area contributed by atoms with Crippen molar-refractivity contribution in [3.05, 3.63) is 29.8 Å². The van der Waals surface area contributed by atoms with Gasteiger partial charge in [0.15, 0.2) is 0 Å². The molecule has 0 spiro atoms. The smallest absolute Gasteiger partial charge is 0.325 e. The van der Waals surface area contributed by atoms with Gasteiger partial charge in [-0.3, -0.25) is 4.79 Å². The first-order valence-electron chi connectivity index (χ1n) is 6.04. The molecule has 14 heteroatoms. The van der Waals surface area contributed by atoms with Crippen LogP contribution in [-0.2, 0) is 11.0 Å². The van der Waals surface area contributed by atoms with Crippen LogP contribution in [0.1, 0.15) is 5.56 Å². The Bertz CT molecular complexity index is 630. The fraction of sp³-hybridized carbons (Fsp3) is 0.417. The van der Waals surface area contributed by atoms with E-state index in [4.69, 9.17) is 0 Å². The monoisotopic (exact) mass is 407 g/mol. The number of alkyl halides is 12. The summed E-state index contributed by atoms with van der Waals surface area (Å²) >= 11 is 0. The fourth-order valence-corrected chi connectivity index (χ4v) is 1.87. The van der Waals surface area contributed by atoms with E-state index in [-0.39, 0.29) is 6.07 Å². The van der Waals surface area contributed by atoms with Gasteiger partial charge in [-0.2, -0.15) is 52.7 Å².